The third kappa shape index (κ3) is 6.75. The van der Waals surface area contributed by atoms with Crippen LogP contribution in [0.3, 0.4) is 0 Å². The summed E-state index contributed by atoms with van der Waals surface area (Å²) in [7, 11) is 0. The number of aliphatic imine (C=N–C) groups is 1. The fourth-order valence-corrected chi connectivity index (χ4v) is 3.01. The Labute approximate surface area is 162 Å². The molecule has 1 aromatic rings. The second-order valence-corrected chi connectivity index (χ2v) is 6.36. The van der Waals surface area contributed by atoms with Gasteiger partial charge in [-0.05, 0) is 42.9 Å². The third-order valence-corrected chi connectivity index (χ3v) is 4.45. The number of thioether (sulfide) groups is 1. The van der Waals surface area contributed by atoms with Gasteiger partial charge in [-0.2, -0.15) is 11.8 Å². The van der Waals surface area contributed by atoms with Crippen molar-refractivity contribution >= 4 is 47.3 Å². The van der Waals surface area contributed by atoms with E-state index in [9.17, 15) is 0 Å². The molecule has 1 aliphatic heterocycles. The molecule has 0 bridgehead atoms. The van der Waals surface area contributed by atoms with E-state index in [1.54, 1.807) is 0 Å². The molecule has 0 spiro atoms. The average Bonchev–Trinajstić information content (AvgIpc) is 2.59. The van der Waals surface area contributed by atoms with Crippen molar-refractivity contribution in [1.82, 2.24) is 10.2 Å². The normalized spacial score (nSPS) is 15.0. The maximum Gasteiger partial charge on any atom is 0.194 e. The first-order chi connectivity index (χ1) is 10.8. The van der Waals surface area contributed by atoms with Crippen molar-refractivity contribution < 1.29 is 0 Å². The third-order valence-electron chi connectivity index (χ3n) is 3.76. The lowest BCUT2D eigenvalue weighted by molar-refractivity contribution is 0.440. The number of hydrogen-bond donors (Lipinski definition) is 1. The molecule has 0 unspecified atom stereocenters. The second-order valence-electron chi connectivity index (χ2n) is 5.37. The summed E-state index contributed by atoms with van der Waals surface area (Å²) in [4.78, 5) is 7.12. The molecule has 0 atom stereocenters. The van der Waals surface area contributed by atoms with Crippen molar-refractivity contribution in [3.63, 3.8) is 0 Å². The molecule has 1 N–H and O–H groups in total. The first-order valence-corrected chi connectivity index (χ1v) is 9.51. The number of hydrogen-bond acceptors (Lipinski definition) is 2. The Balaban J connectivity index is 0.00000264. The zero-order chi connectivity index (χ0) is 15.6. The van der Waals surface area contributed by atoms with Gasteiger partial charge in [0.15, 0.2) is 5.96 Å². The van der Waals surface area contributed by atoms with Crippen LogP contribution in [0, 0.1) is 0 Å². The molecular weight excluding hydrogens is 417 g/mol. The van der Waals surface area contributed by atoms with Crippen molar-refractivity contribution in [1.29, 1.82) is 0 Å². The largest absolute Gasteiger partial charge is 0.357 e. The van der Waals surface area contributed by atoms with E-state index in [1.807, 2.05) is 11.8 Å². The standard InChI is InChI=1S/C18H27N3S.HI/c1-3-19-18(20-12-7-15-22-2)21-13-10-17(11-14-21)16-8-5-4-6-9-16;/h4-6,8-10H,3,7,11-15H2,1-2H3,(H,19,20);1H. The van der Waals surface area contributed by atoms with Crippen LogP contribution < -0.4 is 5.32 Å². The van der Waals surface area contributed by atoms with Crippen molar-refractivity contribution in [2.75, 3.05) is 38.2 Å². The number of benzene rings is 1. The van der Waals surface area contributed by atoms with E-state index in [1.165, 1.54) is 16.9 Å². The quantitative estimate of drug-likeness (QED) is 0.309. The SMILES string of the molecule is CCNC(=NCCCSC)N1CC=C(c2ccccc2)CC1.I. The molecule has 3 nitrogen and oxygen atoms in total. The Hall–Kier alpha value is -0.690. The van der Waals surface area contributed by atoms with Gasteiger partial charge < -0.3 is 10.2 Å². The lowest BCUT2D eigenvalue weighted by Crippen LogP contribution is -2.43. The Morgan fingerprint density at radius 1 is 1.30 bits per heavy atom. The molecule has 5 heteroatoms. The molecule has 0 fully saturated rings. The fourth-order valence-electron chi connectivity index (χ4n) is 2.60. The van der Waals surface area contributed by atoms with Gasteiger partial charge in [0.05, 0.1) is 0 Å². The van der Waals surface area contributed by atoms with E-state index in [2.05, 4.69) is 59.8 Å². The summed E-state index contributed by atoms with van der Waals surface area (Å²) >= 11 is 1.89. The Bertz CT molecular complexity index is 502. The van der Waals surface area contributed by atoms with Crippen molar-refractivity contribution in [2.24, 2.45) is 4.99 Å². The Morgan fingerprint density at radius 3 is 2.70 bits per heavy atom. The summed E-state index contributed by atoms with van der Waals surface area (Å²) < 4.78 is 0. The number of halogens is 1. The van der Waals surface area contributed by atoms with Gasteiger partial charge in [-0.3, -0.25) is 4.99 Å². The predicted molar refractivity (Wildman–Crippen MR) is 115 cm³/mol. The van der Waals surface area contributed by atoms with Crippen LogP contribution in [0.4, 0.5) is 0 Å². The van der Waals surface area contributed by atoms with Gasteiger partial charge in [0.25, 0.3) is 0 Å². The molecule has 23 heavy (non-hydrogen) atoms. The van der Waals surface area contributed by atoms with Gasteiger partial charge in [0, 0.05) is 26.2 Å². The first kappa shape index (κ1) is 20.4. The van der Waals surface area contributed by atoms with Crippen LogP contribution in [0.5, 0.6) is 0 Å². The lowest BCUT2D eigenvalue weighted by atomic mass is 10.00. The molecule has 0 saturated heterocycles. The summed E-state index contributed by atoms with van der Waals surface area (Å²) in [6.45, 7) is 5.95. The highest BCUT2D eigenvalue weighted by Gasteiger charge is 2.15. The van der Waals surface area contributed by atoms with Gasteiger partial charge in [0.2, 0.25) is 0 Å². The lowest BCUT2D eigenvalue weighted by Gasteiger charge is -2.30. The van der Waals surface area contributed by atoms with Crippen molar-refractivity contribution in [3.8, 4) is 0 Å². The molecule has 0 aliphatic carbocycles. The van der Waals surface area contributed by atoms with Crippen LogP contribution >= 0.6 is 35.7 Å². The van der Waals surface area contributed by atoms with E-state index < -0.39 is 0 Å². The number of rotatable bonds is 6. The van der Waals surface area contributed by atoms with Crippen LogP contribution in [-0.2, 0) is 0 Å². The van der Waals surface area contributed by atoms with Crippen LogP contribution in [0.1, 0.15) is 25.3 Å². The van der Waals surface area contributed by atoms with Gasteiger partial charge in [-0.15, -0.1) is 24.0 Å². The maximum absolute atomic E-state index is 4.76. The minimum absolute atomic E-state index is 0. The summed E-state index contributed by atoms with van der Waals surface area (Å²) in [6.07, 6.45) is 6.72. The zero-order valence-corrected chi connectivity index (χ0v) is 17.3. The molecule has 0 radical (unpaired) electrons. The zero-order valence-electron chi connectivity index (χ0n) is 14.1. The van der Waals surface area contributed by atoms with Gasteiger partial charge in [-0.1, -0.05) is 36.4 Å². The van der Waals surface area contributed by atoms with Gasteiger partial charge in [0.1, 0.15) is 0 Å². The maximum atomic E-state index is 4.76. The first-order valence-electron chi connectivity index (χ1n) is 8.11. The monoisotopic (exact) mass is 445 g/mol. The molecular formula is C18H28IN3S. The van der Waals surface area contributed by atoms with Crippen LogP contribution in [0.25, 0.3) is 5.57 Å². The molecule has 0 amide bonds. The molecule has 1 heterocycles. The second kappa shape index (κ2) is 11.8. The molecule has 0 saturated carbocycles. The van der Waals surface area contributed by atoms with E-state index in [-0.39, 0.29) is 24.0 Å². The molecule has 128 valence electrons. The minimum Gasteiger partial charge on any atom is -0.357 e. The number of nitrogens with zero attached hydrogens (tertiary/aromatic N) is 2. The van der Waals surface area contributed by atoms with Crippen LogP contribution in [0.2, 0.25) is 0 Å². The Kier molecular flexibility index (Phi) is 10.4. The molecule has 1 aromatic carbocycles. The highest BCUT2D eigenvalue weighted by molar-refractivity contribution is 14.0. The highest BCUT2D eigenvalue weighted by atomic mass is 127. The number of guanidine groups is 1. The van der Waals surface area contributed by atoms with Crippen LogP contribution in [-0.4, -0.2) is 49.0 Å². The fraction of sp³-hybridized carbons (Fsp3) is 0.500. The van der Waals surface area contributed by atoms with Crippen molar-refractivity contribution in [3.05, 3.63) is 42.0 Å². The summed E-state index contributed by atoms with van der Waals surface area (Å²) in [5.74, 6) is 2.24. The number of nitrogens with one attached hydrogen (secondary N) is 1. The molecule has 1 aliphatic rings. The summed E-state index contributed by atoms with van der Waals surface area (Å²) in [6, 6.07) is 10.7. The highest BCUT2D eigenvalue weighted by Crippen LogP contribution is 2.21. The van der Waals surface area contributed by atoms with Crippen molar-refractivity contribution in [2.45, 2.75) is 19.8 Å². The smallest absolute Gasteiger partial charge is 0.194 e. The van der Waals surface area contributed by atoms with E-state index >= 15 is 0 Å². The van der Waals surface area contributed by atoms with Crippen LogP contribution in [0.15, 0.2) is 41.4 Å². The predicted octanol–water partition coefficient (Wildman–Crippen LogP) is 4.11. The Morgan fingerprint density at radius 2 is 2.09 bits per heavy atom. The van der Waals surface area contributed by atoms with E-state index in [0.717, 1.165) is 45.0 Å². The van der Waals surface area contributed by atoms with E-state index in [0.29, 0.717) is 0 Å². The molecule has 0 aromatic heterocycles. The summed E-state index contributed by atoms with van der Waals surface area (Å²) in [5, 5.41) is 3.42. The minimum atomic E-state index is 0. The topological polar surface area (TPSA) is 27.6 Å². The van der Waals surface area contributed by atoms with Gasteiger partial charge in [-0.25, -0.2) is 0 Å². The summed E-state index contributed by atoms with van der Waals surface area (Å²) in [5.41, 5.74) is 2.80. The molecule has 2 rings (SSSR count). The van der Waals surface area contributed by atoms with Gasteiger partial charge >= 0.3 is 0 Å². The van der Waals surface area contributed by atoms with E-state index in [4.69, 9.17) is 4.99 Å². The average molecular weight is 445 g/mol.